The molecule has 4 nitrogen and oxygen atoms in total. The standard InChI is InChI=1S/C12H13F3N4/c13-12(14,15)9-3-1-2-8(6-9)7-10(19-16)11-17-4-5-18-11/h1-6,10,19H,7,16H2,(H,17,18). The molecule has 2 rings (SSSR count). The first-order chi connectivity index (χ1) is 9.00. The smallest absolute Gasteiger partial charge is 0.347 e. The molecule has 1 heterocycles. The average Bonchev–Trinajstić information content (AvgIpc) is 2.89. The second kappa shape index (κ2) is 5.41. The van der Waals surface area contributed by atoms with Gasteiger partial charge in [0.25, 0.3) is 0 Å². The fourth-order valence-corrected chi connectivity index (χ4v) is 1.81. The Hall–Kier alpha value is -1.86. The molecule has 7 heteroatoms. The number of aromatic amines is 1. The molecule has 0 fully saturated rings. The maximum Gasteiger partial charge on any atom is 0.416 e. The number of nitrogens with two attached hydrogens (primary N) is 1. The van der Waals surface area contributed by atoms with E-state index in [1.54, 1.807) is 18.5 Å². The SMILES string of the molecule is NNC(Cc1cccc(C(F)(F)F)c1)c1ncc[nH]1. The summed E-state index contributed by atoms with van der Waals surface area (Å²) in [6.07, 6.45) is -0.835. The number of imidazole rings is 1. The van der Waals surface area contributed by atoms with Crippen LogP contribution < -0.4 is 11.3 Å². The predicted octanol–water partition coefficient (Wildman–Crippen LogP) is 2.18. The van der Waals surface area contributed by atoms with Gasteiger partial charge in [0.2, 0.25) is 0 Å². The summed E-state index contributed by atoms with van der Waals surface area (Å²) in [5, 5.41) is 0. The molecule has 0 aliphatic heterocycles. The number of hydrazine groups is 1. The molecule has 2 aromatic rings. The number of alkyl halides is 3. The minimum Gasteiger partial charge on any atom is -0.347 e. The van der Waals surface area contributed by atoms with Crippen molar-refractivity contribution in [2.45, 2.75) is 18.6 Å². The van der Waals surface area contributed by atoms with Gasteiger partial charge in [-0.1, -0.05) is 18.2 Å². The first-order valence-electron chi connectivity index (χ1n) is 5.62. The van der Waals surface area contributed by atoms with Gasteiger partial charge in [0, 0.05) is 12.4 Å². The van der Waals surface area contributed by atoms with E-state index in [0.717, 1.165) is 12.1 Å². The molecule has 19 heavy (non-hydrogen) atoms. The van der Waals surface area contributed by atoms with Crippen molar-refractivity contribution in [1.29, 1.82) is 0 Å². The van der Waals surface area contributed by atoms with E-state index in [2.05, 4.69) is 15.4 Å². The molecule has 0 spiro atoms. The predicted molar refractivity (Wildman–Crippen MR) is 63.8 cm³/mol. The summed E-state index contributed by atoms with van der Waals surface area (Å²) in [6, 6.07) is 4.81. The van der Waals surface area contributed by atoms with Crippen molar-refractivity contribution in [3.63, 3.8) is 0 Å². The lowest BCUT2D eigenvalue weighted by Crippen LogP contribution is -2.30. The van der Waals surface area contributed by atoms with Crippen LogP contribution >= 0.6 is 0 Å². The number of hydrogen-bond acceptors (Lipinski definition) is 3. The van der Waals surface area contributed by atoms with Crippen LogP contribution in [0.2, 0.25) is 0 Å². The number of aromatic nitrogens is 2. The highest BCUT2D eigenvalue weighted by Gasteiger charge is 2.30. The summed E-state index contributed by atoms with van der Waals surface area (Å²) < 4.78 is 37.8. The second-order valence-corrected chi connectivity index (χ2v) is 4.10. The van der Waals surface area contributed by atoms with Crippen LogP contribution in [0.4, 0.5) is 13.2 Å². The molecule has 0 saturated carbocycles. The lowest BCUT2D eigenvalue weighted by atomic mass is 10.0. The Morgan fingerprint density at radius 2 is 2.16 bits per heavy atom. The Labute approximate surface area is 107 Å². The van der Waals surface area contributed by atoms with E-state index < -0.39 is 11.7 Å². The Balaban J connectivity index is 2.19. The van der Waals surface area contributed by atoms with Crippen LogP contribution in [0.3, 0.4) is 0 Å². The van der Waals surface area contributed by atoms with Crippen molar-refractivity contribution in [3.8, 4) is 0 Å². The van der Waals surface area contributed by atoms with Crippen LogP contribution in [0.1, 0.15) is 23.0 Å². The zero-order valence-corrected chi connectivity index (χ0v) is 9.91. The molecule has 0 aliphatic rings. The molecule has 1 atom stereocenters. The summed E-state index contributed by atoms with van der Waals surface area (Å²) >= 11 is 0. The molecule has 0 amide bonds. The Bertz CT molecular complexity index is 522. The molecule has 1 aromatic carbocycles. The van der Waals surface area contributed by atoms with E-state index in [9.17, 15) is 13.2 Å². The van der Waals surface area contributed by atoms with Crippen molar-refractivity contribution in [2.75, 3.05) is 0 Å². The third-order valence-corrected chi connectivity index (χ3v) is 2.74. The van der Waals surface area contributed by atoms with Gasteiger partial charge in [-0.3, -0.25) is 5.84 Å². The molecule has 0 aliphatic carbocycles. The van der Waals surface area contributed by atoms with E-state index >= 15 is 0 Å². The van der Waals surface area contributed by atoms with E-state index in [0.29, 0.717) is 17.8 Å². The third-order valence-electron chi connectivity index (χ3n) is 2.74. The van der Waals surface area contributed by atoms with Gasteiger partial charge in [0.1, 0.15) is 5.82 Å². The number of benzene rings is 1. The van der Waals surface area contributed by atoms with E-state index in [1.165, 1.54) is 6.07 Å². The minimum atomic E-state index is -4.34. The van der Waals surface area contributed by atoms with Gasteiger partial charge >= 0.3 is 6.18 Å². The number of nitrogens with zero attached hydrogens (tertiary/aromatic N) is 1. The van der Waals surface area contributed by atoms with Crippen molar-refractivity contribution < 1.29 is 13.2 Å². The summed E-state index contributed by atoms with van der Waals surface area (Å²) in [5.41, 5.74) is 2.41. The topological polar surface area (TPSA) is 66.7 Å². The van der Waals surface area contributed by atoms with Gasteiger partial charge in [-0.05, 0) is 18.1 Å². The number of nitrogens with one attached hydrogen (secondary N) is 2. The zero-order chi connectivity index (χ0) is 13.9. The Morgan fingerprint density at radius 3 is 2.74 bits per heavy atom. The fraction of sp³-hybridized carbons (Fsp3) is 0.250. The fourth-order valence-electron chi connectivity index (χ4n) is 1.81. The van der Waals surface area contributed by atoms with Gasteiger partial charge in [-0.2, -0.15) is 13.2 Å². The van der Waals surface area contributed by atoms with Crippen LogP contribution in [0.25, 0.3) is 0 Å². The van der Waals surface area contributed by atoms with Gasteiger partial charge in [-0.15, -0.1) is 0 Å². The molecule has 102 valence electrons. The molecule has 1 unspecified atom stereocenters. The molecule has 0 saturated heterocycles. The molecule has 0 radical (unpaired) electrons. The summed E-state index contributed by atoms with van der Waals surface area (Å²) in [5.74, 6) is 5.99. The van der Waals surface area contributed by atoms with Crippen LogP contribution in [0.15, 0.2) is 36.7 Å². The quantitative estimate of drug-likeness (QED) is 0.589. The first kappa shape index (κ1) is 13.6. The van der Waals surface area contributed by atoms with Crippen molar-refractivity contribution in [3.05, 3.63) is 53.6 Å². The highest BCUT2D eigenvalue weighted by atomic mass is 19.4. The molecular formula is C12H13F3N4. The van der Waals surface area contributed by atoms with Crippen LogP contribution in [0, 0.1) is 0 Å². The Morgan fingerprint density at radius 1 is 1.37 bits per heavy atom. The Kier molecular flexibility index (Phi) is 3.87. The summed E-state index contributed by atoms with van der Waals surface area (Å²) in [6.45, 7) is 0. The van der Waals surface area contributed by atoms with E-state index in [4.69, 9.17) is 5.84 Å². The summed E-state index contributed by atoms with van der Waals surface area (Å²) in [4.78, 5) is 6.91. The monoisotopic (exact) mass is 270 g/mol. The van der Waals surface area contributed by atoms with Crippen LogP contribution in [0.5, 0.6) is 0 Å². The minimum absolute atomic E-state index is 0.313. The largest absolute Gasteiger partial charge is 0.416 e. The zero-order valence-electron chi connectivity index (χ0n) is 9.91. The number of hydrogen-bond donors (Lipinski definition) is 3. The van der Waals surface area contributed by atoms with Gasteiger partial charge in [-0.25, -0.2) is 10.4 Å². The normalized spacial score (nSPS) is 13.5. The number of halogens is 3. The van der Waals surface area contributed by atoms with E-state index in [-0.39, 0.29) is 6.04 Å². The van der Waals surface area contributed by atoms with Gasteiger partial charge in [0.15, 0.2) is 0 Å². The van der Waals surface area contributed by atoms with Crippen molar-refractivity contribution >= 4 is 0 Å². The van der Waals surface area contributed by atoms with Crippen LogP contribution in [-0.2, 0) is 12.6 Å². The highest BCUT2D eigenvalue weighted by molar-refractivity contribution is 5.26. The van der Waals surface area contributed by atoms with Crippen molar-refractivity contribution in [1.82, 2.24) is 15.4 Å². The maximum absolute atomic E-state index is 12.6. The van der Waals surface area contributed by atoms with Gasteiger partial charge in [0.05, 0.1) is 11.6 Å². The summed E-state index contributed by atoms with van der Waals surface area (Å²) in [7, 11) is 0. The lowest BCUT2D eigenvalue weighted by Gasteiger charge is -2.14. The molecule has 4 N–H and O–H groups in total. The van der Waals surface area contributed by atoms with Crippen molar-refractivity contribution in [2.24, 2.45) is 5.84 Å². The average molecular weight is 270 g/mol. The maximum atomic E-state index is 12.6. The lowest BCUT2D eigenvalue weighted by molar-refractivity contribution is -0.137. The third kappa shape index (κ3) is 3.33. The number of H-pyrrole nitrogens is 1. The number of rotatable bonds is 4. The molecule has 1 aromatic heterocycles. The van der Waals surface area contributed by atoms with Gasteiger partial charge < -0.3 is 4.98 Å². The molecular weight excluding hydrogens is 257 g/mol. The molecule has 0 bridgehead atoms. The van der Waals surface area contributed by atoms with E-state index in [1.807, 2.05) is 0 Å². The second-order valence-electron chi connectivity index (χ2n) is 4.10. The van der Waals surface area contributed by atoms with Crippen LogP contribution in [-0.4, -0.2) is 9.97 Å². The first-order valence-corrected chi connectivity index (χ1v) is 5.62. The highest BCUT2D eigenvalue weighted by Crippen LogP contribution is 2.30.